The van der Waals surface area contributed by atoms with E-state index in [1.807, 2.05) is 13.0 Å². The number of rotatable bonds is 3. The van der Waals surface area contributed by atoms with Crippen LogP contribution in [-0.2, 0) is 7.05 Å². The minimum atomic E-state index is -0.0360. The molecule has 1 aliphatic rings. The van der Waals surface area contributed by atoms with Crippen LogP contribution in [0.3, 0.4) is 0 Å². The minimum absolute atomic E-state index is 0.0360. The van der Waals surface area contributed by atoms with Gasteiger partial charge in [-0.3, -0.25) is 9.48 Å². The molecule has 0 saturated heterocycles. The number of carbonyl (C=O) groups is 1. The van der Waals surface area contributed by atoms with Gasteiger partial charge in [0.15, 0.2) is 0 Å². The molecule has 0 spiro atoms. The predicted molar refractivity (Wildman–Crippen MR) is 71.9 cm³/mol. The maximum atomic E-state index is 12.0. The van der Waals surface area contributed by atoms with Gasteiger partial charge in [0, 0.05) is 19.0 Å². The molecule has 0 unspecified atom stereocenters. The van der Waals surface area contributed by atoms with Crippen LogP contribution < -0.4 is 5.32 Å². The van der Waals surface area contributed by atoms with Crippen molar-refractivity contribution < 1.29 is 4.79 Å². The fourth-order valence-corrected chi connectivity index (χ4v) is 2.73. The fourth-order valence-electron chi connectivity index (χ4n) is 2.48. The molecule has 1 saturated carbocycles. The van der Waals surface area contributed by atoms with Gasteiger partial charge in [0.1, 0.15) is 5.69 Å². The summed E-state index contributed by atoms with van der Waals surface area (Å²) in [6.45, 7) is 2.63. The second-order valence-electron chi connectivity index (χ2n) is 5.12. The van der Waals surface area contributed by atoms with E-state index in [1.54, 1.807) is 11.7 Å². The number of halogens is 1. The Balaban J connectivity index is 1.83. The third-order valence-corrected chi connectivity index (χ3v) is 4.00. The highest BCUT2D eigenvalue weighted by molar-refractivity contribution is 6.20. The Morgan fingerprint density at radius 2 is 2.17 bits per heavy atom. The van der Waals surface area contributed by atoms with Crippen LogP contribution in [0.1, 0.15) is 41.9 Å². The average Bonchev–Trinajstić information content (AvgIpc) is 2.67. The van der Waals surface area contributed by atoms with Crippen LogP contribution in [0.25, 0.3) is 0 Å². The molecule has 5 heteroatoms. The van der Waals surface area contributed by atoms with Crippen LogP contribution in [0.5, 0.6) is 0 Å². The highest BCUT2D eigenvalue weighted by atomic mass is 35.5. The lowest BCUT2D eigenvalue weighted by molar-refractivity contribution is 0.0934. The van der Waals surface area contributed by atoms with Gasteiger partial charge in [-0.2, -0.15) is 5.10 Å². The summed E-state index contributed by atoms with van der Waals surface area (Å²) in [7, 11) is 1.79. The maximum Gasteiger partial charge on any atom is 0.269 e. The standard InChI is InChI=1S/C13H20ClN3O/c1-9-7-12(17(2)16-9)13(18)15-8-10-3-5-11(14)6-4-10/h7,10-11H,3-6,8H2,1-2H3,(H,15,18). The zero-order valence-electron chi connectivity index (χ0n) is 10.9. The van der Waals surface area contributed by atoms with Gasteiger partial charge in [-0.15, -0.1) is 11.6 Å². The molecule has 18 heavy (non-hydrogen) atoms. The normalized spacial score (nSPS) is 23.9. The first-order chi connectivity index (χ1) is 8.56. The molecule has 0 bridgehead atoms. The van der Waals surface area contributed by atoms with Crippen molar-refractivity contribution in [2.24, 2.45) is 13.0 Å². The maximum absolute atomic E-state index is 12.0. The van der Waals surface area contributed by atoms with E-state index in [1.165, 1.54) is 0 Å². The smallest absolute Gasteiger partial charge is 0.269 e. The Labute approximate surface area is 113 Å². The number of aromatic nitrogens is 2. The summed E-state index contributed by atoms with van der Waals surface area (Å²) in [5, 5.41) is 7.50. The molecule has 100 valence electrons. The number of aryl methyl sites for hydroxylation is 2. The fraction of sp³-hybridized carbons (Fsp3) is 0.692. The highest BCUT2D eigenvalue weighted by Crippen LogP contribution is 2.26. The molecule has 1 aromatic heterocycles. The van der Waals surface area contributed by atoms with Crippen molar-refractivity contribution >= 4 is 17.5 Å². The van der Waals surface area contributed by atoms with Gasteiger partial charge in [0.25, 0.3) is 5.91 Å². The minimum Gasteiger partial charge on any atom is -0.350 e. The van der Waals surface area contributed by atoms with Crippen LogP contribution in [0.15, 0.2) is 6.07 Å². The lowest BCUT2D eigenvalue weighted by atomic mass is 9.89. The monoisotopic (exact) mass is 269 g/mol. The summed E-state index contributed by atoms with van der Waals surface area (Å²) in [5.74, 6) is 0.532. The third-order valence-electron chi connectivity index (χ3n) is 3.56. The Kier molecular flexibility index (Phi) is 4.27. The Bertz CT molecular complexity index is 422. The van der Waals surface area contributed by atoms with E-state index in [0.717, 1.165) is 37.9 Å². The summed E-state index contributed by atoms with van der Waals surface area (Å²) in [4.78, 5) is 12.0. The molecule has 0 atom stereocenters. The summed E-state index contributed by atoms with van der Waals surface area (Å²) in [6, 6.07) is 1.81. The van der Waals surface area contributed by atoms with E-state index in [2.05, 4.69) is 10.4 Å². The van der Waals surface area contributed by atoms with Crippen molar-refractivity contribution in [2.45, 2.75) is 38.0 Å². The molecule has 1 N–H and O–H groups in total. The van der Waals surface area contributed by atoms with Gasteiger partial charge < -0.3 is 5.32 Å². The van der Waals surface area contributed by atoms with Gasteiger partial charge in [-0.05, 0) is 44.6 Å². The number of carbonyl (C=O) groups excluding carboxylic acids is 1. The number of nitrogens with one attached hydrogen (secondary N) is 1. The first-order valence-corrected chi connectivity index (χ1v) is 6.93. The lowest BCUT2D eigenvalue weighted by Crippen LogP contribution is -2.32. The van der Waals surface area contributed by atoms with Crippen LogP contribution in [0.2, 0.25) is 0 Å². The van der Waals surface area contributed by atoms with E-state index < -0.39 is 0 Å². The molecule has 1 heterocycles. The Morgan fingerprint density at radius 3 is 2.72 bits per heavy atom. The van der Waals surface area contributed by atoms with Gasteiger partial charge in [0.2, 0.25) is 0 Å². The van der Waals surface area contributed by atoms with Crippen LogP contribution >= 0.6 is 11.6 Å². The molecule has 1 fully saturated rings. The second kappa shape index (κ2) is 5.74. The number of alkyl halides is 1. The van der Waals surface area contributed by atoms with Crippen molar-refractivity contribution in [3.05, 3.63) is 17.5 Å². The Morgan fingerprint density at radius 1 is 1.50 bits per heavy atom. The zero-order valence-corrected chi connectivity index (χ0v) is 11.7. The van der Waals surface area contributed by atoms with Crippen LogP contribution in [0.4, 0.5) is 0 Å². The van der Waals surface area contributed by atoms with Crippen molar-refractivity contribution in [1.29, 1.82) is 0 Å². The van der Waals surface area contributed by atoms with Gasteiger partial charge >= 0.3 is 0 Å². The summed E-state index contributed by atoms with van der Waals surface area (Å²) < 4.78 is 1.63. The van der Waals surface area contributed by atoms with Gasteiger partial charge in [0.05, 0.1) is 5.69 Å². The lowest BCUT2D eigenvalue weighted by Gasteiger charge is -2.24. The summed E-state index contributed by atoms with van der Waals surface area (Å²) >= 11 is 6.07. The SMILES string of the molecule is Cc1cc(C(=O)NCC2CCC(Cl)CC2)n(C)n1. The molecule has 4 nitrogen and oxygen atoms in total. The van der Waals surface area contributed by atoms with Gasteiger partial charge in [-0.1, -0.05) is 0 Å². The zero-order chi connectivity index (χ0) is 13.1. The Hall–Kier alpha value is -1.03. The summed E-state index contributed by atoms with van der Waals surface area (Å²) in [6.07, 6.45) is 4.34. The molecule has 0 aromatic carbocycles. The van der Waals surface area contributed by atoms with Crippen molar-refractivity contribution in [2.75, 3.05) is 6.54 Å². The van der Waals surface area contributed by atoms with E-state index in [-0.39, 0.29) is 5.91 Å². The third kappa shape index (κ3) is 3.25. The predicted octanol–water partition coefficient (Wildman–Crippen LogP) is 2.26. The molecule has 1 aliphatic carbocycles. The first kappa shape index (κ1) is 13.4. The molecule has 1 amide bonds. The molecule has 0 aliphatic heterocycles. The van der Waals surface area contributed by atoms with E-state index >= 15 is 0 Å². The molecular formula is C13H20ClN3O. The van der Waals surface area contributed by atoms with Crippen molar-refractivity contribution in [1.82, 2.24) is 15.1 Å². The largest absolute Gasteiger partial charge is 0.350 e. The van der Waals surface area contributed by atoms with E-state index in [9.17, 15) is 4.79 Å². The molecule has 0 radical (unpaired) electrons. The molecular weight excluding hydrogens is 250 g/mol. The van der Waals surface area contributed by atoms with Crippen molar-refractivity contribution in [3.8, 4) is 0 Å². The average molecular weight is 270 g/mol. The van der Waals surface area contributed by atoms with E-state index in [0.29, 0.717) is 17.0 Å². The quantitative estimate of drug-likeness (QED) is 0.856. The number of hydrogen-bond acceptors (Lipinski definition) is 2. The number of hydrogen-bond donors (Lipinski definition) is 1. The molecule has 1 aromatic rings. The van der Waals surface area contributed by atoms with E-state index in [4.69, 9.17) is 11.6 Å². The highest BCUT2D eigenvalue weighted by Gasteiger charge is 2.20. The second-order valence-corrected chi connectivity index (χ2v) is 5.74. The van der Waals surface area contributed by atoms with Gasteiger partial charge in [-0.25, -0.2) is 0 Å². The molecule has 2 rings (SSSR count). The first-order valence-electron chi connectivity index (χ1n) is 6.49. The topological polar surface area (TPSA) is 46.9 Å². The van der Waals surface area contributed by atoms with Crippen molar-refractivity contribution in [3.63, 3.8) is 0 Å². The van der Waals surface area contributed by atoms with Crippen LogP contribution in [-0.4, -0.2) is 27.6 Å². The summed E-state index contributed by atoms with van der Waals surface area (Å²) in [5.41, 5.74) is 1.49. The number of amides is 1. The number of nitrogens with zero attached hydrogens (tertiary/aromatic N) is 2. The van der Waals surface area contributed by atoms with Crippen LogP contribution in [0, 0.1) is 12.8 Å².